The monoisotopic (exact) mass is 424 g/mol. The molecule has 2 aromatic rings. The fraction of sp³-hybridized carbons (Fsp3) is 0.500. The Morgan fingerprint density at radius 1 is 0.871 bits per heavy atom. The van der Waals surface area contributed by atoms with Crippen LogP contribution >= 0.6 is 0 Å². The largest absolute Gasteiger partial charge is 0.494 e. The Labute approximate surface area is 186 Å². The van der Waals surface area contributed by atoms with Gasteiger partial charge in [-0.05, 0) is 56.0 Å². The predicted octanol–water partition coefficient (Wildman–Crippen LogP) is 6.46. The third kappa shape index (κ3) is 9.77. The summed E-state index contributed by atoms with van der Waals surface area (Å²) in [5, 5.41) is 0. The SMILES string of the molecule is C=C(CC)C(=O)OCCCCCCCCCCOc1ccc(-c2ncc(C)cn2)cc1. The van der Waals surface area contributed by atoms with E-state index >= 15 is 0 Å². The first kappa shape index (κ1) is 24.6. The molecule has 0 aliphatic heterocycles. The highest BCUT2D eigenvalue weighted by molar-refractivity contribution is 5.87. The van der Waals surface area contributed by atoms with Crippen LogP contribution in [0.25, 0.3) is 11.4 Å². The van der Waals surface area contributed by atoms with E-state index in [1.807, 2.05) is 50.5 Å². The van der Waals surface area contributed by atoms with E-state index in [4.69, 9.17) is 9.47 Å². The summed E-state index contributed by atoms with van der Waals surface area (Å²) in [4.78, 5) is 20.2. The predicted molar refractivity (Wildman–Crippen MR) is 125 cm³/mol. The van der Waals surface area contributed by atoms with E-state index < -0.39 is 0 Å². The number of unbranched alkanes of at least 4 members (excludes halogenated alkanes) is 7. The summed E-state index contributed by atoms with van der Waals surface area (Å²) in [7, 11) is 0. The van der Waals surface area contributed by atoms with Crippen LogP contribution in [0.3, 0.4) is 0 Å². The molecule has 1 heterocycles. The fourth-order valence-corrected chi connectivity index (χ4v) is 3.11. The van der Waals surface area contributed by atoms with Crippen LogP contribution in [0.4, 0.5) is 0 Å². The molecule has 1 aromatic heterocycles. The molecule has 31 heavy (non-hydrogen) atoms. The summed E-state index contributed by atoms with van der Waals surface area (Å²) >= 11 is 0. The minimum atomic E-state index is -0.249. The van der Waals surface area contributed by atoms with Gasteiger partial charge in [0.2, 0.25) is 0 Å². The zero-order valence-electron chi connectivity index (χ0n) is 19.1. The number of ether oxygens (including phenoxy) is 2. The van der Waals surface area contributed by atoms with Crippen LogP contribution in [0.5, 0.6) is 5.75 Å². The van der Waals surface area contributed by atoms with Crippen LogP contribution in [0.15, 0.2) is 48.8 Å². The van der Waals surface area contributed by atoms with Crippen LogP contribution in [0.1, 0.15) is 70.3 Å². The minimum absolute atomic E-state index is 0.249. The Kier molecular flexibility index (Phi) is 11.4. The molecule has 0 fully saturated rings. The molecular weight excluding hydrogens is 388 g/mol. The molecule has 0 bridgehead atoms. The Morgan fingerprint density at radius 2 is 1.42 bits per heavy atom. The van der Waals surface area contributed by atoms with E-state index in [1.165, 1.54) is 32.1 Å². The van der Waals surface area contributed by atoms with Gasteiger partial charge in [0.05, 0.1) is 13.2 Å². The van der Waals surface area contributed by atoms with Crippen LogP contribution < -0.4 is 4.74 Å². The van der Waals surface area contributed by atoms with Crippen LogP contribution in [0.2, 0.25) is 0 Å². The van der Waals surface area contributed by atoms with Gasteiger partial charge in [0.1, 0.15) is 5.75 Å². The summed E-state index contributed by atoms with van der Waals surface area (Å²) in [6.45, 7) is 8.84. The molecule has 0 aliphatic carbocycles. The van der Waals surface area contributed by atoms with Gasteiger partial charge >= 0.3 is 5.97 Å². The van der Waals surface area contributed by atoms with Crippen molar-refractivity contribution in [3.05, 3.63) is 54.4 Å². The lowest BCUT2D eigenvalue weighted by Crippen LogP contribution is -2.07. The number of aromatic nitrogens is 2. The fourth-order valence-electron chi connectivity index (χ4n) is 3.11. The van der Waals surface area contributed by atoms with Gasteiger partial charge in [0.15, 0.2) is 5.82 Å². The molecule has 0 saturated carbocycles. The van der Waals surface area contributed by atoms with Crippen molar-refractivity contribution in [3.8, 4) is 17.1 Å². The van der Waals surface area contributed by atoms with Crippen molar-refractivity contribution in [3.63, 3.8) is 0 Å². The molecule has 1 aromatic carbocycles. The zero-order chi connectivity index (χ0) is 22.3. The molecule has 0 radical (unpaired) electrons. The smallest absolute Gasteiger partial charge is 0.333 e. The molecule has 5 heteroatoms. The van der Waals surface area contributed by atoms with Gasteiger partial charge in [-0.25, -0.2) is 14.8 Å². The second-order valence-corrected chi connectivity index (χ2v) is 7.88. The molecular formula is C26H36N2O3. The lowest BCUT2D eigenvalue weighted by Gasteiger charge is -2.07. The van der Waals surface area contributed by atoms with Crippen molar-refractivity contribution in [2.24, 2.45) is 0 Å². The molecule has 2 rings (SSSR count). The zero-order valence-corrected chi connectivity index (χ0v) is 19.1. The normalized spacial score (nSPS) is 10.6. The number of esters is 1. The Balaban J connectivity index is 1.45. The van der Waals surface area contributed by atoms with Crippen LogP contribution in [0, 0.1) is 6.92 Å². The van der Waals surface area contributed by atoms with E-state index in [1.54, 1.807) is 0 Å². The maximum absolute atomic E-state index is 11.5. The number of nitrogens with zero attached hydrogens (tertiary/aromatic N) is 2. The number of carbonyl (C=O) groups is 1. The quantitative estimate of drug-likeness (QED) is 0.186. The van der Waals surface area contributed by atoms with Crippen molar-refractivity contribution in [2.75, 3.05) is 13.2 Å². The summed E-state index contributed by atoms with van der Waals surface area (Å²) < 4.78 is 11.0. The number of hydrogen-bond acceptors (Lipinski definition) is 5. The highest BCUT2D eigenvalue weighted by Gasteiger charge is 2.05. The minimum Gasteiger partial charge on any atom is -0.494 e. The highest BCUT2D eigenvalue weighted by Crippen LogP contribution is 2.19. The summed E-state index contributed by atoms with van der Waals surface area (Å²) in [5.41, 5.74) is 2.61. The molecule has 5 nitrogen and oxygen atoms in total. The van der Waals surface area contributed by atoms with Crippen molar-refractivity contribution in [1.82, 2.24) is 9.97 Å². The van der Waals surface area contributed by atoms with Gasteiger partial charge in [0.25, 0.3) is 0 Å². The standard InChI is InChI=1S/C26H36N2O3/c1-4-22(3)26(29)31-18-12-10-8-6-5-7-9-11-17-30-24-15-13-23(14-16-24)25-27-19-21(2)20-28-25/h13-16,19-20H,3-12,17-18H2,1-2H3. The number of aryl methyl sites for hydroxylation is 1. The molecule has 0 atom stereocenters. The van der Waals surface area contributed by atoms with E-state index in [2.05, 4.69) is 16.5 Å². The summed E-state index contributed by atoms with van der Waals surface area (Å²) in [6, 6.07) is 7.96. The number of hydrogen-bond donors (Lipinski definition) is 0. The molecule has 0 N–H and O–H groups in total. The summed E-state index contributed by atoms with van der Waals surface area (Å²) in [5.74, 6) is 1.38. The van der Waals surface area contributed by atoms with Gasteiger partial charge in [-0.2, -0.15) is 0 Å². The molecule has 0 unspecified atom stereocenters. The van der Waals surface area contributed by atoms with Crippen molar-refractivity contribution in [1.29, 1.82) is 0 Å². The lowest BCUT2D eigenvalue weighted by atomic mass is 10.1. The van der Waals surface area contributed by atoms with Gasteiger partial charge in [-0.1, -0.05) is 52.0 Å². The topological polar surface area (TPSA) is 61.3 Å². The second kappa shape index (κ2) is 14.3. The average Bonchev–Trinajstić information content (AvgIpc) is 2.80. The van der Waals surface area contributed by atoms with Gasteiger partial charge in [-0.3, -0.25) is 0 Å². The molecule has 0 spiro atoms. The van der Waals surface area contributed by atoms with E-state index in [-0.39, 0.29) is 5.97 Å². The number of carbonyl (C=O) groups excluding carboxylic acids is 1. The average molecular weight is 425 g/mol. The van der Waals surface area contributed by atoms with E-state index in [0.717, 1.165) is 48.6 Å². The Bertz CT molecular complexity index is 785. The van der Waals surface area contributed by atoms with E-state index in [0.29, 0.717) is 18.6 Å². The van der Waals surface area contributed by atoms with Gasteiger partial charge in [0, 0.05) is 23.5 Å². The van der Waals surface area contributed by atoms with Crippen LogP contribution in [-0.4, -0.2) is 29.2 Å². The lowest BCUT2D eigenvalue weighted by molar-refractivity contribution is -0.139. The summed E-state index contributed by atoms with van der Waals surface area (Å²) in [6.07, 6.45) is 13.5. The maximum Gasteiger partial charge on any atom is 0.333 e. The number of rotatable bonds is 15. The second-order valence-electron chi connectivity index (χ2n) is 7.88. The first-order valence-corrected chi connectivity index (χ1v) is 11.5. The maximum atomic E-state index is 11.5. The van der Waals surface area contributed by atoms with Crippen molar-refractivity contribution in [2.45, 2.75) is 71.6 Å². The van der Waals surface area contributed by atoms with Crippen LogP contribution in [-0.2, 0) is 9.53 Å². The van der Waals surface area contributed by atoms with Crippen molar-refractivity contribution < 1.29 is 14.3 Å². The molecule has 0 saturated heterocycles. The van der Waals surface area contributed by atoms with Crippen molar-refractivity contribution >= 4 is 5.97 Å². The third-order valence-electron chi connectivity index (χ3n) is 5.15. The Hall–Kier alpha value is -2.69. The third-order valence-corrected chi connectivity index (χ3v) is 5.15. The number of benzene rings is 1. The first-order valence-electron chi connectivity index (χ1n) is 11.5. The van der Waals surface area contributed by atoms with E-state index in [9.17, 15) is 4.79 Å². The Morgan fingerprint density at radius 3 is 2.00 bits per heavy atom. The molecule has 168 valence electrons. The van der Waals surface area contributed by atoms with Gasteiger partial charge in [-0.15, -0.1) is 0 Å². The molecule has 0 aliphatic rings. The highest BCUT2D eigenvalue weighted by atomic mass is 16.5. The first-order chi connectivity index (χ1) is 15.1. The molecule has 0 amide bonds. The van der Waals surface area contributed by atoms with Gasteiger partial charge < -0.3 is 9.47 Å².